The highest BCUT2D eigenvalue weighted by atomic mass is 35.5. The topological polar surface area (TPSA) is 83.5 Å². The van der Waals surface area contributed by atoms with Crippen molar-refractivity contribution < 1.29 is 15.0 Å². The third kappa shape index (κ3) is 2.23. The van der Waals surface area contributed by atoms with E-state index in [-0.39, 0.29) is 17.2 Å². The Bertz CT molecular complexity index is 354. The second kappa shape index (κ2) is 4.41. The van der Waals surface area contributed by atoms with E-state index in [0.29, 0.717) is 5.56 Å². The van der Waals surface area contributed by atoms with Crippen LogP contribution in [-0.4, -0.2) is 22.8 Å². The minimum Gasteiger partial charge on any atom is -0.478 e. The Labute approximate surface area is 85.9 Å². The van der Waals surface area contributed by atoms with Gasteiger partial charge in [0.15, 0.2) is 0 Å². The van der Waals surface area contributed by atoms with E-state index in [1.165, 1.54) is 18.2 Å². The van der Waals surface area contributed by atoms with Crippen molar-refractivity contribution in [3.63, 3.8) is 0 Å². The lowest BCUT2D eigenvalue weighted by Crippen LogP contribution is -2.15. The summed E-state index contributed by atoms with van der Waals surface area (Å²) in [6.07, 6.45) is 0. The summed E-state index contributed by atoms with van der Waals surface area (Å²) in [6.45, 7) is -0.230. The molecule has 0 bridgehead atoms. The first-order valence-electron chi connectivity index (χ1n) is 3.95. The predicted octanol–water partition coefficient (Wildman–Crippen LogP) is 1.03. The minimum atomic E-state index is -1.05. The number of carboxylic acid groups (broad SMARTS) is 1. The molecule has 0 radical (unpaired) electrons. The first-order valence-corrected chi connectivity index (χ1v) is 4.33. The van der Waals surface area contributed by atoms with Crippen LogP contribution in [0.15, 0.2) is 18.2 Å². The van der Waals surface area contributed by atoms with E-state index in [9.17, 15) is 4.79 Å². The van der Waals surface area contributed by atoms with Gasteiger partial charge in [-0.3, -0.25) is 0 Å². The van der Waals surface area contributed by atoms with Crippen molar-refractivity contribution in [2.24, 2.45) is 5.73 Å². The van der Waals surface area contributed by atoms with Crippen molar-refractivity contribution in [3.8, 4) is 0 Å². The number of carbonyl (C=O) groups is 1. The number of benzene rings is 1. The lowest BCUT2D eigenvalue weighted by atomic mass is 10.1. The van der Waals surface area contributed by atoms with Gasteiger partial charge in [-0.2, -0.15) is 0 Å². The Morgan fingerprint density at radius 1 is 1.57 bits per heavy atom. The van der Waals surface area contributed by atoms with Crippen LogP contribution in [0.3, 0.4) is 0 Å². The number of aliphatic hydroxyl groups is 1. The monoisotopic (exact) mass is 215 g/mol. The molecular weight excluding hydrogens is 206 g/mol. The van der Waals surface area contributed by atoms with Gasteiger partial charge in [-0.1, -0.05) is 17.7 Å². The normalized spacial score (nSPS) is 12.5. The second-order valence-electron chi connectivity index (χ2n) is 2.83. The van der Waals surface area contributed by atoms with Gasteiger partial charge in [0.05, 0.1) is 18.2 Å². The summed E-state index contributed by atoms with van der Waals surface area (Å²) in [5.74, 6) is -1.05. The fraction of sp³-hybridized carbons (Fsp3) is 0.222. The number of nitrogens with two attached hydrogens (primary N) is 1. The number of aromatic carboxylic acids is 1. The molecule has 0 spiro atoms. The van der Waals surface area contributed by atoms with Crippen LogP contribution < -0.4 is 5.73 Å². The average Bonchev–Trinajstić information content (AvgIpc) is 2.16. The Balaban J connectivity index is 3.07. The van der Waals surface area contributed by atoms with E-state index in [0.717, 1.165) is 0 Å². The van der Waals surface area contributed by atoms with Gasteiger partial charge >= 0.3 is 5.97 Å². The molecule has 1 aromatic rings. The molecule has 0 heterocycles. The molecule has 0 aliphatic carbocycles. The molecule has 4 N–H and O–H groups in total. The molecule has 0 aliphatic rings. The van der Waals surface area contributed by atoms with Crippen LogP contribution in [0.25, 0.3) is 0 Å². The van der Waals surface area contributed by atoms with Gasteiger partial charge in [0.2, 0.25) is 0 Å². The largest absolute Gasteiger partial charge is 0.478 e. The van der Waals surface area contributed by atoms with Crippen LogP contribution in [0.4, 0.5) is 0 Å². The molecular formula is C9H10ClNO3. The second-order valence-corrected chi connectivity index (χ2v) is 3.24. The van der Waals surface area contributed by atoms with Gasteiger partial charge in [0.25, 0.3) is 0 Å². The van der Waals surface area contributed by atoms with Crippen LogP contribution in [0, 0.1) is 0 Å². The summed E-state index contributed by atoms with van der Waals surface area (Å²) < 4.78 is 0. The molecule has 0 unspecified atom stereocenters. The van der Waals surface area contributed by atoms with E-state index < -0.39 is 12.0 Å². The number of hydrogen-bond donors (Lipinski definition) is 3. The van der Waals surface area contributed by atoms with E-state index >= 15 is 0 Å². The highest BCUT2D eigenvalue weighted by molar-refractivity contribution is 6.31. The zero-order valence-electron chi connectivity index (χ0n) is 7.27. The number of hydrogen-bond acceptors (Lipinski definition) is 3. The van der Waals surface area contributed by atoms with Crippen LogP contribution >= 0.6 is 11.6 Å². The highest BCUT2D eigenvalue weighted by Crippen LogP contribution is 2.22. The molecule has 0 amide bonds. The van der Waals surface area contributed by atoms with E-state index in [2.05, 4.69) is 0 Å². The molecule has 14 heavy (non-hydrogen) atoms. The van der Waals surface area contributed by atoms with Crippen LogP contribution in [-0.2, 0) is 0 Å². The van der Waals surface area contributed by atoms with Gasteiger partial charge in [-0.05, 0) is 17.7 Å². The zero-order chi connectivity index (χ0) is 10.7. The van der Waals surface area contributed by atoms with Crippen molar-refractivity contribution in [2.45, 2.75) is 6.04 Å². The number of aliphatic hydroxyl groups excluding tert-OH is 1. The summed E-state index contributed by atoms with van der Waals surface area (Å²) in [4.78, 5) is 10.6. The van der Waals surface area contributed by atoms with Gasteiger partial charge in [0, 0.05) is 5.02 Å². The molecule has 0 saturated carbocycles. The molecule has 5 heteroatoms. The molecule has 1 atom stereocenters. The summed E-state index contributed by atoms with van der Waals surface area (Å²) in [7, 11) is 0. The number of rotatable bonds is 3. The van der Waals surface area contributed by atoms with E-state index in [1.54, 1.807) is 0 Å². The number of halogens is 1. The van der Waals surface area contributed by atoms with Crippen molar-refractivity contribution in [1.82, 2.24) is 0 Å². The fourth-order valence-corrected chi connectivity index (χ4v) is 1.38. The maximum atomic E-state index is 10.6. The third-order valence-electron chi connectivity index (χ3n) is 1.84. The zero-order valence-corrected chi connectivity index (χ0v) is 8.03. The van der Waals surface area contributed by atoms with Gasteiger partial charge in [-0.25, -0.2) is 4.79 Å². The van der Waals surface area contributed by atoms with Crippen molar-refractivity contribution in [1.29, 1.82) is 0 Å². The molecule has 0 fully saturated rings. The molecule has 76 valence electrons. The molecule has 0 saturated heterocycles. The molecule has 1 rings (SSSR count). The van der Waals surface area contributed by atoms with Crippen molar-refractivity contribution in [3.05, 3.63) is 34.3 Å². The maximum absolute atomic E-state index is 10.6. The first kappa shape index (κ1) is 11.0. The molecule has 0 aromatic heterocycles. The third-order valence-corrected chi connectivity index (χ3v) is 2.17. The Hall–Kier alpha value is -1.10. The quantitative estimate of drug-likeness (QED) is 0.703. The molecule has 4 nitrogen and oxygen atoms in total. The lowest BCUT2D eigenvalue weighted by molar-refractivity contribution is 0.0697. The average molecular weight is 216 g/mol. The van der Waals surface area contributed by atoms with Gasteiger partial charge in [-0.15, -0.1) is 0 Å². The summed E-state index contributed by atoms with van der Waals surface area (Å²) >= 11 is 5.79. The van der Waals surface area contributed by atoms with Gasteiger partial charge < -0.3 is 15.9 Å². The smallest absolute Gasteiger partial charge is 0.335 e. The lowest BCUT2D eigenvalue weighted by Gasteiger charge is -2.10. The van der Waals surface area contributed by atoms with E-state index in [4.69, 9.17) is 27.5 Å². The van der Waals surface area contributed by atoms with Crippen molar-refractivity contribution >= 4 is 17.6 Å². The fourth-order valence-electron chi connectivity index (χ4n) is 1.06. The standard InChI is InChI=1S/C9H10ClNO3/c10-7-3-5(9(13)14)1-2-6(7)8(11)4-12/h1-3,8,12H,4,11H2,(H,13,14)/t8-/m1/s1. The summed E-state index contributed by atoms with van der Waals surface area (Å²) in [5.41, 5.74) is 6.18. The molecule has 0 aliphatic heterocycles. The maximum Gasteiger partial charge on any atom is 0.335 e. The SMILES string of the molecule is N[C@H](CO)c1ccc(C(=O)O)cc1Cl. The van der Waals surface area contributed by atoms with Crippen molar-refractivity contribution in [2.75, 3.05) is 6.61 Å². The summed E-state index contributed by atoms with van der Waals surface area (Å²) in [6, 6.07) is 3.64. The first-order chi connectivity index (χ1) is 6.56. The molecule has 1 aromatic carbocycles. The van der Waals surface area contributed by atoms with Crippen LogP contribution in [0.1, 0.15) is 22.0 Å². The number of carboxylic acids is 1. The highest BCUT2D eigenvalue weighted by Gasteiger charge is 2.11. The predicted molar refractivity (Wildman–Crippen MR) is 52.4 cm³/mol. The Morgan fingerprint density at radius 3 is 2.64 bits per heavy atom. The van der Waals surface area contributed by atoms with Crippen LogP contribution in [0.2, 0.25) is 5.02 Å². The minimum absolute atomic E-state index is 0.101. The summed E-state index contributed by atoms with van der Waals surface area (Å²) in [5, 5.41) is 17.7. The van der Waals surface area contributed by atoms with Crippen LogP contribution in [0.5, 0.6) is 0 Å². The Kier molecular flexibility index (Phi) is 3.46. The van der Waals surface area contributed by atoms with E-state index in [1.807, 2.05) is 0 Å². The van der Waals surface area contributed by atoms with Gasteiger partial charge in [0.1, 0.15) is 0 Å². The Morgan fingerprint density at radius 2 is 2.21 bits per heavy atom.